The molecule has 0 fully saturated rings. The molecule has 0 saturated heterocycles. The lowest BCUT2D eigenvalue weighted by Gasteiger charge is -2.08. The number of rotatable bonds is 7. The molecule has 0 saturated carbocycles. The second kappa shape index (κ2) is 8.22. The van der Waals surface area contributed by atoms with Crippen LogP contribution < -0.4 is 10.1 Å². The van der Waals surface area contributed by atoms with E-state index in [4.69, 9.17) is 9.84 Å². The summed E-state index contributed by atoms with van der Waals surface area (Å²) in [7, 11) is 0. The number of anilines is 1. The Hall–Kier alpha value is -3.55. The molecule has 3 rings (SSSR count). The maximum absolute atomic E-state index is 12.3. The van der Waals surface area contributed by atoms with Crippen LogP contribution in [0.25, 0.3) is 0 Å². The van der Waals surface area contributed by atoms with Gasteiger partial charge >= 0.3 is 5.97 Å². The van der Waals surface area contributed by atoms with Gasteiger partial charge in [0.05, 0.1) is 5.56 Å². The van der Waals surface area contributed by atoms with Gasteiger partial charge in [-0.05, 0) is 48.9 Å². The van der Waals surface area contributed by atoms with Gasteiger partial charge in [-0.15, -0.1) is 5.11 Å². The normalized spacial score (nSPS) is 15.3. The van der Waals surface area contributed by atoms with Crippen molar-refractivity contribution in [2.45, 2.75) is 19.5 Å². The zero-order valence-electron chi connectivity index (χ0n) is 14.6. The fraction of sp³-hybridized carbons (Fsp3) is 0.211. The number of amides is 1. The van der Waals surface area contributed by atoms with E-state index in [1.807, 2.05) is 6.92 Å². The predicted molar refractivity (Wildman–Crippen MR) is 99.7 cm³/mol. The maximum Gasteiger partial charge on any atom is 0.335 e. The van der Waals surface area contributed by atoms with E-state index in [2.05, 4.69) is 20.5 Å². The summed E-state index contributed by atoms with van der Waals surface area (Å²) in [4.78, 5) is 27.6. The lowest BCUT2D eigenvalue weighted by molar-refractivity contribution is 0.0696. The summed E-state index contributed by atoms with van der Waals surface area (Å²) in [5, 5.41) is 19.6. The summed E-state index contributed by atoms with van der Waals surface area (Å²) >= 11 is 0. The number of hydrogen-bond acceptors (Lipinski definition) is 6. The molecule has 27 heavy (non-hydrogen) atoms. The monoisotopic (exact) mass is 366 g/mol. The highest BCUT2D eigenvalue weighted by atomic mass is 16.5. The number of hydrogen-bond donors (Lipinski definition) is 2. The summed E-state index contributed by atoms with van der Waals surface area (Å²) in [5.74, 6) is -0.271. The zero-order valence-corrected chi connectivity index (χ0v) is 14.6. The van der Waals surface area contributed by atoms with E-state index in [0.29, 0.717) is 22.8 Å². The van der Waals surface area contributed by atoms with Gasteiger partial charge in [-0.25, -0.2) is 9.79 Å². The SMILES string of the molecule is CCC1N=NC(COc2ccc(C(=O)Nc3cccc(C(=O)O)c3)cc2)=N1. The summed E-state index contributed by atoms with van der Waals surface area (Å²) in [5.41, 5.74) is 0.941. The number of carboxylic acid groups (broad SMARTS) is 1. The first kappa shape index (κ1) is 18.2. The smallest absolute Gasteiger partial charge is 0.335 e. The van der Waals surface area contributed by atoms with E-state index < -0.39 is 5.97 Å². The van der Waals surface area contributed by atoms with E-state index >= 15 is 0 Å². The molecule has 0 aliphatic carbocycles. The predicted octanol–water partition coefficient (Wildman–Crippen LogP) is 3.62. The van der Waals surface area contributed by atoms with E-state index in [9.17, 15) is 9.59 Å². The zero-order chi connectivity index (χ0) is 19.2. The number of aliphatic imine (C=N–C) groups is 1. The number of aromatic carboxylic acids is 1. The first-order chi connectivity index (χ1) is 13.0. The molecule has 0 radical (unpaired) electrons. The minimum atomic E-state index is -1.05. The van der Waals surface area contributed by atoms with Crippen molar-refractivity contribution in [3.63, 3.8) is 0 Å². The standard InChI is InChI=1S/C19H18N4O4/c1-2-16-21-17(23-22-16)11-27-15-8-6-12(7-9-15)18(24)20-14-5-3-4-13(10-14)19(25)26/h3-10,16H,2,11H2,1H3,(H,20,24)(H,25,26). The molecule has 2 aromatic rings. The van der Waals surface area contributed by atoms with Gasteiger partial charge in [-0.2, -0.15) is 5.11 Å². The Morgan fingerprint density at radius 2 is 1.93 bits per heavy atom. The van der Waals surface area contributed by atoms with Crippen LogP contribution in [-0.4, -0.2) is 35.6 Å². The number of amidine groups is 1. The van der Waals surface area contributed by atoms with E-state index in [0.717, 1.165) is 6.42 Å². The lowest BCUT2D eigenvalue weighted by Crippen LogP contribution is -2.12. The quantitative estimate of drug-likeness (QED) is 0.779. The van der Waals surface area contributed by atoms with Gasteiger partial charge in [-0.1, -0.05) is 13.0 Å². The average molecular weight is 366 g/mol. The molecule has 1 atom stereocenters. The van der Waals surface area contributed by atoms with Gasteiger partial charge in [0.1, 0.15) is 12.4 Å². The Morgan fingerprint density at radius 3 is 2.59 bits per heavy atom. The number of nitrogens with zero attached hydrogens (tertiary/aromatic N) is 3. The average Bonchev–Trinajstić information content (AvgIpc) is 3.15. The van der Waals surface area contributed by atoms with E-state index in [1.54, 1.807) is 36.4 Å². The third-order valence-corrected chi connectivity index (χ3v) is 3.82. The Kier molecular flexibility index (Phi) is 5.55. The molecule has 0 spiro atoms. The highest BCUT2D eigenvalue weighted by Gasteiger charge is 2.13. The Balaban J connectivity index is 1.58. The van der Waals surface area contributed by atoms with Gasteiger partial charge in [-0.3, -0.25) is 4.79 Å². The first-order valence-electron chi connectivity index (χ1n) is 8.40. The molecular weight excluding hydrogens is 348 g/mol. The minimum absolute atomic E-state index is 0.105. The van der Waals surface area contributed by atoms with Gasteiger partial charge in [0.2, 0.25) is 0 Å². The summed E-state index contributed by atoms with van der Waals surface area (Å²) in [6.07, 6.45) is 0.681. The molecule has 2 aromatic carbocycles. The van der Waals surface area contributed by atoms with E-state index in [-0.39, 0.29) is 24.2 Å². The first-order valence-corrected chi connectivity index (χ1v) is 8.40. The molecule has 1 aliphatic rings. The van der Waals surface area contributed by atoms with Crippen molar-refractivity contribution in [1.29, 1.82) is 0 Å². The van der Waals surface area contributed by atoms with Gasteiger partial charge in [0.25, 0.3) is 5.91 Å². The van der Waals surface area contributed by atoms with Gasteiger partial charge in [0.15, 0.2) is 12.0 Å². The minimum Gasteiger partial charge on any atom is -0.486 e. The van der Waals surface area contributed by atoms with Gasteiger partial charge in [0, 0.05) is 11.3 Å². The van der Waals surface area contributed by atoms with Crippen LogP contribution in [0.3, 0.4) is 0 Å². The molecule has 1 unspecified atom stereocenters. The second-order valence-electron chi connectivity index (χ2n) is 5.80. The number of benzene rings is 2. The van der Waals surface area contributed by atoms with Crippen LogP contribution >= 0.6 is 0 Å². The maximum atomic E-state index is 12.3. The number of carbonyl (C=O) groups is 2. The van der Waals surface area contributed by atoms with Crippen molar-refractivity contribution < 1.29 is 19.4 Å². The van der Waals surface area contributed by atoms with Crippen molar-refractivity contribution in [1.82, 2.24) is 0 Å². The molecule has 0 bridgehead atoms. The molecule has 1 heterocycles. The molecule has 2 N–H and O–H groups in total. The molecule has 8 heteroatoms. The number of nitrogens with one attached hydrogen (secondary N) is 1. The summed E-state index contributed by atoms with van der Waals surface area (Å²) in [6.45, 7) is 2.20. The lowest BCUT2D eigenvalue weighted by atomic mass is 10.1. The van der Waals surface area contributed by atoms with Crippen LogP contribution in [0.4, 0.5) is 5.69 Å². The number of ether oxygens (including phenoxy) is 1. The van der Waals surface area contributed by atoms with Crippen LogP contribution in [0, 0.1) is 0 Å². The molecule has 1 amide bonds. The fourth-order valence-electron chi connectivity index (χ4n) is 2.38. The third-order valence-electron chi connectivity index (χ3n) is 3.82. The second-order valence-corrected chi connectivity index (χ2v) is 5.80. The van der Waals surface area contributed by atoms with Crippen molar-refractivity contribution in [3.8, 4) is 5.75 Å². The Bertz CT molecular complexity index is 906. The van der Waals surface area contributed by atoms with Gasteiger partial charge < -0.3 is 15.2 Å². The van der Waals surface area contributed by atoms with Crippen molar-refractivity contribution in [2.24, 2.45) is 15.2 Å². The van der Waals surface area contributed by atoms with Crippen LogP contribution in [0.1, 0.15) is 34.1 Å². The summed E-state index contributed by atoms with van der Waals surface area (Å²) in [6, 6.07) is 12.7. The van der Waals surface area contributed by atoms with Crippen LogP contribution in [0.15, 0.2) is 63.8 Å². The fourth-order valence-corrected chi connectivity index (χ4v) is 2.38. The number of azo groups is 1. The number of carbonyl (C=O) groups excluding carboxylic acids is 1. The summed E-state index contributed by atoms with van der Waals surface area (Å²) < 4.78 is 5.60. The topological polar surface area (TPSA) is 113 Å². The van der Waals surface area contributed by atoms with Crippen molar-refractivity contribution >= 4 is 23.4 Å². The van der Waals surface area contributed by atoms with Crippen LogP contribution in [0.5, 0.6) is 5.75 Å². The Morgan fingerprint density at radius 1 is 1.15 bits per heavy atom. The highest BCUT2D eigenvalue weighted by Crippen LogP contribution is 2.16. The van der Waals surface area contributed by atoms with Crippen molar-refractivity contribution in [2.75, 3.05) is 11.9 Å². The molecular formula is C19H18N4O4. The van der Waals surface area contributed by atoms with Crippen LogP contribution in [-0.2, 0) is 0 Å². The molecule has 1 aliphatic heterocycles. The molecule has 138 valence electrons. The molecule has 0 aromatic heterocycles. The highest BCUT2D eigenvalue weighted by molar-refractivity contribution is 6.04. The Labute approximate surface area is 155 Å². The van der Waals surface area contributed by atoms with Crippen molar-refractivity contribution in [3.05, 3.63) is 59.7 Å². The van der Waals surface area contributed by atoms with Crippen LogP contribution in [0.2, 0.25) is 0 Å². The number of carboxylic acids is 1. The molecule has 8 nitrogen and oxygen atoms in total. The van der Waals surface area contributed by atoms with E-state index in [1.165, 1.54) is 12.1 Å². The largest absolute Gasteiger partial charge is 0.486 e. The third kappa shape index (κ3) is 4.75.